The van der Waals surface area contributed by atoms with Crippen LogP contribution in [0.3, 0.4) is 0 Å². The molecule has 160 valence electrons. The van der Waals surface area contributed by atoms with E-state index in [1.165, 1.54) is 0 Å². The summed E-state index contributed by atoms with van der Waals surface area (Å²) in [6.07, 6.45) is 1.61. The molecule has 0 amide bonds. The number of hydrogen-bond acceptors (Lipinski definition) is 6. The lowest BCUT2D eigenvalue weighted by Gasteiger charge is -2.31. The number of nitrogens with zero attached hydrogens (tertiary/aromatic N) is 2. The third-order valence-electron chi connectivity index (χ3n) is 5.47. The molecule has 0 spiro atoms. The van der Waals surface area contributed by atoms with E-state index < -0.39 is 5.92 Å². The Labute approximate surface area is 195 Å². The van der Waals surface area contributed by atoms with Crippen LogP contribution in [0.2, 0.25) is 10.0 Å². The fraction of sp³-hybridized carbons (Fsp3) is 0.208. The monoisotopic (exact) mass is 465 g/mol. The maximum atomic E-state index is 12.7. The molecule has 1 atom stereocenters. The molecule has 0 unspecified atom stereocenters. The summed E-state index contributed by atoms with van der Waals surface area (Å²) in [4.78, 5) is 12.7. The quantitative estimate of drug-likeness (QED) is 0.659. The van der Waals surface area contributed by atoms with Gasteiger partial charge in [-0.3, -0.25) is 4.79 Å². The summed E-state index contributed by atoms with van der Waals surface area (Å²) < 4.78 is 11.4. The van der Waals surface area contributed by atoms with Crippen LogP contribution in [0.25, 0.3) is 0 Å². The molecular formula is C24H17Cl2N3O3. The summed E-state index contributed by atoms with van der Waals surface area (Å²) in [5.74, 6) is -0.0799. The minimum absolute atomic E-state index is 0.0216. The van der Waals surface area contributed by atoms with Gasteiger partial charge in [0.05, 0.1) is 27.6 Å². The lowest BCUT2D eigenvalue weighted by Crippen LogP contribution is -2.27. The van der Waals surface area contributed by atoms with E-state index in [1.54, 1.807) is 30.3 Å². The van der Waals surface area contributed by atoms with Gasteiger partial charge in [0, 0.05) is 24.0 Å². The van der Waals surface area contributed by atoms with E-state index in [9.17, 15) is 15.3 Å². The highest BCUT2D eigenvalue weighted by Crippen LogP contribution is 2.46. The van der Waals surface area contributed by atoms with Crippen molar-refractivity contribution in [2.45, 2.75) is 31.8 Å². The molecule has 0 bridgehead atoms. The van der Waals surface area contributed by atoms with Gasteiger partial charge >= 0.3 is 0 Å². The average Bonchev–Trinajstić information content (AvgIpc) is 2.78. The molecule has 2 aliphatic rings. The summed E-state index contributed by atoms with van der Waals surface area (Å²) in [7, 11) is 0. The Morgan fingerprint density at radius 2 is 1.84 bits per heavy atom. The third-order valence-corrected chi connectivity index (χ3v) is 6.03. The predicted octanol–water partition coefficient (Wildman–Crippen LogP) is 5.26. The van der Waals surface area contributed by atoms with E-state index >= 15 is 0 Å². The summed E-state index contributed by atoms with van der Waals surface area (Å²) in [6.45, 7) is 0.101. The number of carbonyl (C=O) groups is 1. The number of Topliss-reactive ketones (excluding diaryl/α,β-unsaturated/α-hetero) is 1. The summed E-state index contributed by atoms with van der Waals surface area (Å²) in [6, 6.07) is 14.5. The number of nitriles is 2. The second-order valence-corrected chi connectivity index (χ2v) is 8.22. The minimum atomic E-state index is -0.708. The second kappa shape index (κ2) is 8.96. The van der Waals surface area contributed by atoms with E-state index in [2.05, 4.69) is 12.1 Å². The zero-order valence-corrected chi connectivity index (χ0v) is 18.3. The number of ether oxygens (including phenoxy) is 2. The van der Waals surface area contributed by atoms with Crippen molar-refractivity contribution in [1.29, 1.82) is 10.5 Å². The Bertz CT molecular complexity index is 1240. The molecule has 0 fully saturated rings. The van der Waals surface area contributed by atoms with Crippen molar-refractivity contribution in [3.63, 3.8) is 0 Å². The zero-order valence-electron chi connectivity index (χ0n) is 16.8. The number of allylic oxidation sites excluding steroid dienone is 3. The van der Waals surface area contributed by atoms with Gasteiger partial charge in [-0.05, 0) is 30.2 Å². The first-order valence-electron chi connectivity index (χ1n) is 9.88. The number of benzene rings is 2. The van der Waals surface area contributed by atoms with Crippen molar-refractivity contribution in [2.24, 2.45) is 5.73 Å². The van der Waals surface area contributed by atoms with Crippen LogP contribution in [0.4, 0.5) is 0 Å². The van der Waals surface area contributed by atoms with Crippen molar-refractivity contribution >= 4 is 29.0 Å². The number of halogens is 2. The second-order valence-electron chi connectivity index (χ2n) is 7.41. The standard InChI is InChI=1S/C24H17Cl2N3O3/c25-17-8-15(9-18(26)23(17)31-12-14-5-2-1-4-13(14)10-27)21-16(11-28)24(29)32-20-7-3-6-19(30)22(20)21/h1-2,4-5,8-9,21H,3,6-7,12,29H2/t21-/m1/s1. The third kappa shape index (κ3) is 3.91. The highest BCUT2D eigenvalue weighted by molar-refractivity contribution is 6.37. The van der Waals surface area contributed by atoms with Crippen molar-refractivity contribution in [2.75, 3.05) is 0 Å². The highest BCUT2D eigenvalue weighted by atomic mass is 35.5. The highest BCUT2D eigenvalue weighted by Gasteiger charge is 2.38. The Hall–Kier alpha value is -3.45. The predicted molar refractivity (Wildman–Crippen MR) is 118 cm³/mol. The molecule has 0 saturated heterocycles. The van der Waals surface area contributed by atoms with Crippen molar-refractivity contribution in [1.82, 2.24) is 0 Å². The van der Waals surface area contributed by atoms with Crippen LogP contribution in [0.1, 0.15) is 41.9 Å². The van der Waals surface area contributed by atoms with E-state index in [-0.39, 0.29) is 39.6 Å². The topological polar surface area (TPSA) is 109 Å². The number of hydrogen-bond donors (Lipinski definition) is 1. The molecule has 6 nitrogen and oxygen atoms in total. The van der Waals surface area contributed by atoms with Crippen LogP contribution in [0.15, 0.2) is 59.2 Å². The van der Waals surface area contributed by atoms with Crippen LogP contribution < -0.4 is 10.5 Å². The van der Waals surface area contributed by atoms with Gasteiger partial charge in [0.25, 0.3) is 0 Å². The van der Waals surface area contributed by atoms with Crippen LogP contribution in [-0.4, -0.2) is 5.78 Å². The molecule has 2 aromatic carbocycles. The first-order chi connectivity index (χ1) is 15.4. The summed E-state index contributed by atoms with van der Waals surface area (Å²) in [5, 5.41) is 19.4. The molecule has 1 aliphatic carbocycles. The largest absolute Gasteiger partial charge is 0.486 e. The molecule has 4 rings (SSSR count). The lowest BCUT2D eigenvalue weighted by atomic mass is 9.77. The van der Waals surface area contributed by atoms with Crippen molar-refractivity contribution < 1.29 is 14.3 Å². The summed E-state index contributed by atoms with van der Waals surface area (Å²) in [5.41, 5.74) is 8.29. The zero-order chi connectivity index (χ0) is 22.8. The maximum absolute atomic E-state index is 12.7. The maximum Gasteiger partial charge on any atom is 0.205 e. The molecule has 2 aromatic rings. The molecule has 32 heavy (non-hydrogen) atoms. The normalized spacial score (nSPS) is 17.9. The van der Waals surface area contributed by atoms with Gasteiger partial charge in [-0.1, -0.05) is 41.4 Å². The molecule has 1 aliphatic heterocycles. The van der Waals surface area contributed by atoms with Gasteiger partial charge in [-0.2, -0.15) is 10.5 Å². The molecule has 0 aromatic heterocycles. The molecule has 8 heteroatoms. The van der Waals surface area contributed by atoms with Gasteiger partial charge in [0.2, 0.25) is 5.88 Å². The van der Waals surface area contributed by atoms with E-state index in [0.29, 0.717) is 47.3 Å². The smallest absolute Gasteiger partial charge is 0.205 e. The van der Waals surface area contributed by atoms with Crippen molar-refractivity contribution in [3.05, 3.63) is 85.9 Å². The van der Waals surface area contributed by atoms with Crippen molar-refractivity contribution in [3.8, 4) is 17.9 Å². The minimum Gasteiger partial charge on any atom is -0.486 e. The van der Waals surface area contributed by atoms with Gasteiger partial charge in [0.15, 0.2) is 11.5 Å². The Morgan fingerprint density at radius 3 is 2.53 bits per heavy atom. The average molecular weight is 466 g/mol. The van der Waals surface area contributed by atoms with E-state index in [4.69, 9.17) is 38.4 Å². The number of carbonyl (C=O) groups excluding carboxylic acids is 1. The SMILES string of the molecule is N#CC1=C(N)OC2=C(C(=O)CCC2)[C@@H]1c1cc(Cl)c(OCc2ccccc2C#N)c(Cl)c1. The number of rotatable bonds is 4. The van der Waals surface area contributed by atoms with Gasteiger partial charge in [-0.25, -0.2) is 0 Å². The van der Waals surface area contributed by atoms with Gasteiger partial charge in [-0.15, -0.1) is 0 Å². The van der Waals surface area contributed by atoms with Crippen LogP contribution >= 0.6 is 23.2 Å². The lowest BCUT2D eigenvalue weighted by molar-refractivity contribution is -0.116. The first-order valence-corrected chi connectivity index (χ1v) is 10.6. The molecule has 1 heterocycles. The Balaban J connectivity index is 1.71. The number of ketones is 1. The Morgan fingerprint density at radius 1 is 1.12 bits per heavy atom. The fourth-order valence-electron chi connectivity index (χ4n) is 3.98. The van der Waals surface area contributed by atoms with Crippen LogP contribution in [0.5, 0.6) is 5.75 Å². The van der Waals surface area contributed by atoms with Crippen LogP contribution in [-0.2, 0) is 16.1 Å². The summed E-state index contributed by atoms with van der Waals surface area (Å²) >= 11 is 13.0. The fourth-order valence-corrected chi connectivity index (χ4v) is 4.59. The first kappa shape index (κ1) is 21.8. The molecule has 0 saturated carbocycles. The van der Waals surface area contributed by atoms with Gasteiger partial charge in [0.1, 0.15) is 24.0 Å². The molecule has 2 N–H and O–H groups in total. The molecular weight excluding hydrogens is 449 g/mol. The molecule has 0 radical (unpaired) electrons. The van der Waals surface area contributed by atoms with Gasteiger partial charge < -0.3 is 15.2 Å². The van der Waals surface area contributed by atoms with Crippen LogP contribution in [0, 0.1) is 22.7 Å². The number of nitrogens with two attached hydrogens (primary N) is 1. The van der Waals surface area contributed by atoms with E-state index in [1.807, 2.05) is 6.07 Å². The van der Waals surface area contributed by atoms with E-state index in [0.717, 1.165) is 0 Å². The Kier molecular flexibility index (Phi) is 6.10.